The van der Waals surface area contributed by atoms with E-state index in [9.17, 15) is 4.79 Å². The van der Waals surface area contributed by atoms with Gasteiger partial charge in [-0.3, -0.25) is 14.6 Å². The molecule has 9 nitrogen and oxygen atoms in total. The van der Waals surface area contributed by atoms with Crippen LogP contribution < -0.4 is 0 Å². The van der Waals surface area contributed by atoms with Crippen LogP contribution in [-0.2, 0) is 22.6 Å². The number of morpholine rings is 1. The minimum Gasteiger partial charge on any atom is -0.373 e. The van der Waals surface area contributed by atoms with E-state index in [0.717, 1.165) is 57.6 Å². The molecule has 9 heteroatoms. The topological polar surface area (TPSA) is 79.6 Å². The maximum absolute atomic E-state index is 13.0. The third kappa shape index (κ3) is 5.56. The van der Waals surface area contributed by atoms with Gasteiger partial charge in [0.25, 0.3) is 0 Å². The minimum atomic E-state index is 0.123. The largest absolute Gasteiger partial charge is 0.373 e. The summed E-state index contributed by atoms with van der Waals surface area (Å²) in [4.78, 5) is 19.9. The van der Waals surface area contributed by atoms with Crippen molar-refractivity contribution in [1.82, 2.24) is 34.9 Å². The Labute approximate surface area is 179 Å². The molecule has 3 heterocycles. The smallest absolute Gasteiger partial charge is 0.244 e. The number of amides is 1. The van der Waals surface area contributed by atoms with Crippen LogP contribution in [0.25, 0.3) is 0 Å². The summed E-state index contributed by atoms with van der Waals surface area (Å²) >= 11 is 0. The summed E-state index contributed by atoms with van der Waals surface area (Å²) in [6.07, 6.45) is 8.17. The van der Waals surface area contributed by atoms with Gasteiger partial charge in [0.05, 0.1) is 18.8 Å². The minimum absolute atomic E-state index is 0.123. The lowest BCUT2D eigenvalue weighted by Gasteiger charge is -2.34. The molecule has 1 aliphatic carbocycles. The Morgan fingerprint density at radius 1 is 1.00 bits per heavy atom. The maximum Gasteiger partial charge on any atom is 0.244 e. The van der Waals surface area contributed by atoms with Gasteiger partial charge in [0, 0.05) is 45.3 Å². The molecule has 0 unspecified atom stereocenters. The molecule has 3 fully saturated rings. The SMILES string of the molecule is C[C@@H]1CN(Cc2nnnn2CC(=O)N2CCCN(C3CCCCC3)CC2)C[C@H](C)O1. The molecule has 3 aliphatic rings. The number of aromatic nitrogens is 4. The van der Waals surface area contributed by atoms with Crippen molar-refractivity contribution in [1.29, 1.82) is 0 Å². The van der Waals surface area contributed by atoms with Gasteiger partial charge in [0.15, 0.2) is 5.82 Å². The second-order valence-electron chi connectivity index (χ2n) is 9.27. The van der Waals surface area contributed by atoms with Gasteiger partial charge in [0.2, 0.25) is 5.91 Å². The van der Waals surface area contributed by atoms with Gasteiger partial charge in [0.1, 0.15) is 6.54 Å². The molecule has 1 aromatic heterocycles. The maximum atomic E-state index is 13.0. The quantitative estimate of drug-likeness (QED) is 0.708. The lowest BCUT2D eigenvalue weighted by molar-refractivity contribution is -0.132. The van der Waals surface area contributed by atoms with E-state index in [1.165, 1.54) is 32.1 Å². The van der Waals surface area contributed by atoms with Crippen LogP contribution in [0.1, 0.15) is 58.2 Å². The predicted octanol–water partition coefficient (Wildman–Crippen LogP) is 1.15. The Balaban J connectivity index is 1.30. The van der Waals surface area contributed by atoms with Gasteiger partial charge in [-0.05, 0) is 43.5 Å². The van der Waals surface area contributed by atoms with Crippen molar-refractivity contribution in [2.24, 2.45) is 0 Å². The number of hydrogen-bond donors (Lipinski definition) is 0. The van der Waals surface area contributed by atoms with Crippen LogP contribution in [0.2, 0.25) is 0 Å². The van der Waals surface area contributed by atoms with Crippen molar-refractivity contribution in [3.63, 3.8) is 0 Å². The van der Waals surface area contributed by atoms with Gasteiger partial charge in [-0.1, -0.05) is 19.3 Å². The molecule has 0 N–H and O–H groups in total. The molecule has 2 aliphatic heterocycles. The Hall–Kier alpha value is -1.58. The van der Waals surface area contributed by atoms with E-state index in [4.69, 9.17) is 4.74 Å². The number of rotatable bonds is 5. The number of hydrogen-bond acceptors (Lipinski definition) is 7. The molecule has 4 rings (SSSR count). The lowest BCUT2D eigenvalue weighted by atomic mass is 9.94. The summed E-state index contributed by atoms with van der Waals surface area (Å²) in [7, 11) is 0. The fourth-order valence-electron chi connectivity index (χ4n) is 5.30. The van der Waals surface area contributed by atoms with E-state index in [1.54, 1.807) is 4.68 Å². The average molecular weight is 420 g/mol. The average Bonchev–Trinajstić information content (AvgIpc) is 3.00. The van der Waals surface area contributed by atoms with E-state index in [2.05, 4.69) is 39.2 Å². The molecule has 2 saturated heterocycles. The molecule has 0 bridgehead atoms. The van der Waals surface area contributed by atoms with Crippen molar-refractivity contribution in [2.45, 2.75) is 83.7 Å². The van der Waals surface area contributed by atoms with Gasteiger partial charge >= 0.3 is 0 Å². The fraction of sp³-hybridized carbons (Fsp3) is 0.905. The molecule has 1 saturated carbocycles. The fourth-order valence-corrected chi connectivity index (χ4v) is 5.30. The van der Waals surface area contributed by atoms with Crippen molar-refractivity contribution < 1.29 is 9.53 Å². The zero-order chi connectivity index (χ0) is 20.9. The summed E-state index contributed by atoms with van der Waals surface area (Å²) < 4.78 is 7.49. The van der Waals surface area contributed by atoms with E-state index >= 15 is 0 Å². The second-order valence-corrected chi connectivity index (χ2v) is 9.27. The highest BCUT2D eigenvalue weighted by atomic mass is 16.5. The van der Waals surface area contributed by atoms with E-state index < -0.39 is 0 Å². The van der Waals surface area contributed by atoms with Gasteiger partial charge in [-0.2, -0.15) is 0 Å². The Kier molecular flexibility index (Phi) is 7.32. The number of carbonyl (C=O) groups excluding carboxylic acids is 1. The summed E-state index contributed by atoms with van der Waals surface area (Å²) in [5, 5.41) is 12.1. The first-order chi connectivity index (χ1) is 14.6. The third-order valence-electron chi connectivity index (χ3n) is 6.73. The highest BCUT2D eigenvalue weighted by Crippen LogP contribution is 2.23. The van der Waals surface area contributed by atoms with Crippen molar-refractivity contribution in [3.05, 3.63) is 5.82 Å². The van der Waals surface area contributed by atoms with E-state index in [-0.39, 0.29) is 24.7 Å². The first-order valence-corrected chi connectivity index (χ1v) is 11.7. The van der Waals surface area contributed by atoms with Crippen LogP contribution in [-0.4, -0.2) is 98.3 Å². The van der Waals surface area contributed by atoms with E-state index in [0.29, 0.717) is 6.54 Å². The standard InChI is InChI=1S/C21H37N7O2/c1-17-13-25(14-18(2)30-17)15-20-22-23-24-28(20)16-21(29)27-10-6-9-26(11-12-27)19-7-4-3-5-8-19/h17-19H,3-16H2,1-2H3/t17-,18+. The normalized spacial score (nSPS) is 27.9. The van der Waals surface area contributed by atoms with Crippen molar-refractivity contribution in [2.75, 3.05) is 39.3 Å². The Morgan fingerprint density at radius 2 is 1.77 bits per heavy atom. The highest BCUT2D eigenvalue weighted by Gasteiger charge is 2.27. The van der Waals surface area contributed by atoms with Crippen LogP contribution in [0.5, 0.6) is 0 Å². The van der Waals surface area contributed by atoms with Crippen molar-refractivity contribution >= 4 is 5.91 Å². The molecule has 1 amide bonds. The van der Waals surface area contributed by atoms with Crippen LogP contribution >= 0.6 is 0 Å². The predicted molar refractivity (Wildman–Crippen MR) is 113 cm³/mol. The summed E-state index contributed by atoms with van der Waals surface area (Å²) in [5.41, 5.74) is 0. The lowest BCUT2D eigenvalue weighted by Crippen LogP contribution is -2.45. The first-order valence-electron chi connectivity index (χ1n) is 11.7. The Bertz CT molecular complexity index is 681. The molecule has 0 radical (unpaired) electrons. The number of tetrazole rings is 1. The molecule has 1 aromatic rings. The van der Waals surface area contributed by atoms with Crippen LogP contribution in [0, 0.1) is 0 Å². The zero-order valence-electron chi connectivity index (χ0n) is 18.6. The third-order valence-corrected chi connectivity index (χ3v) is 6.73. The summed E-state index contributed by atoms with van der Waals surface area (Å²) in [6.45, 7) is 10.5. The number of nitrogens with zero attached hydrogens (tertiary/aromatic N) is 7. The molecule has 168 valence electrons. The molecule has 0 aromatic carbocycles. The second kappa shape index (κ2) is 10.2. The van der Waals surface area contributed by atoms with Crippen LogP contribution in [0.4, 0.5) is 0 Å². The number of carbonyl (C=O) groups is 1. The van der Waals surface area contributed by atoms with Gasteiger partial charge < -0.3 is 9.64 Å². The molecular formula is C21H37N7O2. The summed E-state index contributed by atoms with van der Waals surface area (Å²) in [5.74, 6) is 0.876. The van der Waals surface area contributed by atoms with Crippen molar-refractivity contribution in [3.8, 4) is 0 Å². The Morgan fingerprint density at radius 3 is 2.53 bits per heavy atom. The summed E-state index contributed by atoms with van der Waals surface area (Å²) in [6, 6.07) is 0.721. The molecule has 30 heavy (non-hydrogen) atoms. The zero-order valence-corrected chi connectivity index (χ0v) is 18.6. The molecule has 0 spiro atoms. The molecular weight excluding hydrogens is 382 g/mol. The molecule has 2 atom stereocenters. The van der Waals surface area contributed by atoms with Gasteiger partial charge in [-0.15, -0.1) is 5.10 Å². The highest BCUT2D eigenvalue weighted by molar-refractivity contribution is 5.76. The van der Waals surface area contributed by atoms with Crippen LogP contribution in [0.15, 0.2) is 0 Å². The number of ether oxygens (including phenoxy) is 1. The monoisotopic (exact) mass is 419 g/mol. The first kappa shape index (κ1) is 21.6. The van der Waals surface area contributed by atoms with Gasteiger partial charge in [-0.25, -0.2) is 4.68 Å². The van der Waals surface area contributed by atoms with Crippen LogP contribution in [0.3, 0.4) is 0 Å². The van der Waals surface area contributed by atoms with E-state index in [1.807, 2.05) is 4.90 Å².